The maximum atomic E-state index is 2.37. The maximum absolute atomic E-state index is 2.37. The topological polar surface area (TPSA) is 0 Å². The molecule has 0 spiro atoms. The predicted molar refractivity (Wildman–Crippen MR) is 94.6 cm³/mol. The van der Waals surface area contributed by atoms with Gasteiger partial charge in [0, 0.05) is 0 Å². The lowest BCUT2D eigenvalue weighted by Crippen LogP contribution is -1.85. The maximum Gasteiger partial charge on any atom is -0.00137 e. The molecule has 0 radical (unpaired) electrons. The normalized spacial score (nSPS) is 12.5. The molecule has 0 saturated heterocycles. The molecule has 0 N–H and O–H groups in total. The second kappa shape index (κ2) is 3.48. The second-order valence-corrected chi connectivity index (χ2v) is 6.20. The van der Waals surface area contributed by atoms with Crippen LogP contribution in [0.15, 0.2) is 72.8 Å². The van der Waals surface area contributed by atoms with E-state index in [-0.39, 0.29) is 0 Å². The molecule has 100 valence electrons. The number of benzene rings is 5. The average Bonchev–Trinajstić information content (AvgIpc) is 2.90. The van der Waals surface area contributed by atoms with Crippen LogP contribution in [0.4, 0.5) is 0 Å². The summed E-state index contributed by atoms with van der Waals surface area (Å²) in [5.74, 6) is 0. The first kappa shape index (κ1) is 10.8. The lowest BCUT2D eigenvalue weighted by Gasteiger charge is -2.12. The Morgan fingerprint density at radius 2 is 1.05 bits per heavy atom. The van der Waals surface area contributed by atoms with E-state index in [0.29, 0.717) is 0 Å². The lowest BCUT2D eigenvalue weighted by molar-refractivity contribution is 1.70. The van der Waals surface area contributed by atoms with Crippen LogP contribution in [0.5, 0.6) is 0 Å². The fraction of sp³-hybridized carbons (Fsp3) is 0. The smallest absolute Gasteiger partial charge is 0.00137 e. The van der Waals surface area contributed by atoms with Crippen LogP contribution in [0.2, 0.25) is 0 Å². The van der Waals surface area contributed by atoms with Crippen LogP contribution in [0, 0.1) is 0 Å². The molecular weight excluding hydrogens is 270 g/mol. The largest absolute Gasteiger partial charge is 0.0616 e. The van der Waals surface area contributed by atoms with Crippen molar-refractivity contribution < 1.29 is 0 Å². The first-order valence-corrected chi connectivity index (χ1v) is 7.72. The van der Waals surface area contributed by atoms with E-state index in [9.17, 15) is 0 Å². The summed E-state index contributed by atoms with van der Waals surface area (Å²) in [6.07, 6.45) is 0. The van der Waals surface area contributed by atoms with Gasteiger partial charge in [0.2, 0.25) is 0 Å². The summed E-state index contributed by atoms with van der Waals surface area (Å²) in [4.78, 5) is 0. The summed E-state index contributed by atoms with van der Waals surface area (Å²) in [7, 11) is 0. The monoisotopic (exact) mass is 282 g/mol. The Morgan fingerprint density at radius 1 is 0.364 bits per heavy atom. The molecule has 5 aromatic carbocycles. The quantitative estimate of drug-likeness (QED) is 0.290. The standard InChI is InChI=1S/C22H12/c1-2-7-17-16(6-1)18-11-10-14-9-8-13-4-3-5-15-12-19(17)22(18)21(14)20(13)15/h1-12H/i1+1,2+1,6+1,7+1,16+1,17+1. The molecule has 0 aliphatic heterocycles. The minimum Gasteiger partial charge on any atom is -0.0616 e. The van der Waals surface area contributed by atoms with Gasteiger partial charge in [0.25, 0.3) is 0 Å². The molecule has 0 saturated carbocycles. The molecule has 0 atom stereocenters. The highest BCUT2D eigenvalue weighted by Crippen LogP contribution is 2.51. The Labute approximate surface area is 128 Å². The summed E-state index contributed by atoms with van der Waals surface area (Å²) in [5.41, 5.74) is 5.52. The first-order chi connectivity index (χ1) is 10.9. The molecular formula is C22H12. The van der Waals surface area contributed by atoms with Crippen LogP contribution in [0.1, 0.15) is 0 Å². The summed E-state index contributed by atoms with van der Waals surface area (Å²) in [6, 6.07) is 26.8. The zero-order valence-electron chi connectivity index (χ0n) is 11.9. The van der Waals surface area contributed by atoms with E-state index in [0.717, 1.165) is 0 Å². The van der Waals surface area contributed by atoms with Gasteiger partial charge in [-0.1, -0.05) is 66.7 Å². The number of rotatable bonds is 0. The zero-order chi connectivity index (χ0) is 14.3. The third-order valence-corrected chi connectivity index (χ3v) is 5.14. The van der Waals surface area contributed by atoms with Crippen molar-refractivity contribution in [2.45, 2.75) is 0 Å². The van der Waals surface area contributed by atoms with Crippen molar-refractivity contribution in [3.05, 3.63) is 72.8 Å². The van der Waals surface area contributed by atoms with Crippen molar-refractivity contribution >= 4 is 32.3 Å². The molecule has 1 aliphatic carbocycles. The average molecular weight is 282 g/mol. The van der Waals surface area contributed by atoms with E-state index < -0.39 is 0 Å². The minimum atomic E-state index is 1.34. The van der Waals surface area contributed by atoms with E-state index >= 15 is 0 Å². The Kier molecular flexibility index (Phi) is 1.71. The Morgan fingerprint density at radius 3 is 1.91 bits per heavy atom. The number of hydrogen-bond donors (Lipinski definition) is 0. The summed E-state index contributed by atoms with van der Waals surface area (Å²) < 4.78 is 0. The van der Waals surface area contributed by atoms with Gasteiger partial charge in [-0.15, -0.1) is 0 Å². The first-order valence-electron chi connectivity index (χ1n) is 7.72. The Bertz CT molecular complexity index is 1210. The highest BCUT2D eigenvalue weighted by molar-refractivity contribution is 6.31. The molecule has 22 heavy (non-hydrogen) atoms. The van der Waals surface area contributed by atoms with Gasteiger partial charge in [-0.25, -0.2) is 0 Å². The van der Waals surface area contributed by atoms with Crippen molar-refractivity contribution in [2.75, 3.05) is 0 Å². The van der Waals surface area contributed by atoms with Gasteiger partial charge in [-0.05, 0) is 60.6 Å². The van der Waals surface area contributed by atoms with Crippen LogP contribution in [-0.2, 0) is 0 Å². The fourth-order valence-electron chi connectivity index (χ4n) is 4.24. The van der Waals surface area contributed by atoms with Crippen LogP contribution < -0.4 is 0 Å². The van der Waals surface area contributed by atoms with Gasteiger partial charge in [-0.2, -0.15) is 0 Å². The molecule has 5 aromatic rings. The SMILES string of the molecule is c1cc2ccc3ccc4c5c(cc(c1)c2c35)-[13c]1[13cH][13cH][13cH][13cH][13c]1-4. The van der Waals surface area contributed by atoms with Crippen molar-refractivity contribution in [1.82, 2.24) is 0 Å². The molecule has 0 unspecified atom stereocenters. The van der Waals surface area contributed by atoms with E-state index in [4.69, 9.17) is 0 Å². The molecule has 0 heteroatoms. The Balaban J connectivity index is 2.03. The Hall–Kier alpha value is -2.86. The van der Waals surface area contributed by atoms with Crippen LogP contribution >= 0.6 is 0 Å². The lowest BCUT2D eigenvalue weighted by atomic mass is 9.92. The molecule has 0 fully saturated rings. The van der Waals surface area contributed by atoms with Crippen molar-refractivity contribution in [3.8, 4) is 22.3 Å². The van der Waals surface area contributed by atoms with Gasteiger partial charge in [0.1, 0.15) is 0 Å². The fourth-order valence-corrected chi connectivity index (χ4v) is 4.24. The minimum absolute atomic E-state index is 1.34. The summed E-state index contributed by atoms with van der Waals surface area (Å²) in [6.45, 7) is 0. The molecule has 0 bridgehead atoms. The van der Waals surface area contributed by atoms with Gasteiger partial charge < -0.3 is 0 Å². The van der Waals surface area contributed by atoms with Gasteiger partial charge in [0.05, 0.1) is 0 Å². The molecule has 0 nitrogen and oxygen atoms in total. The number of hydrogen-bond acceptors (Lipinski definition) is 0. The van der Waals surface area contributed by atoms with E-state index in [1.54, 1.807) is 0 Å². The van der Waals surface area contributed by atoms with E-state index in [2.05, 4.69) is 72.8 Å². The van der Waals surface area contributed by atoms with Crippen molar-refractivity contribution in [3.63, 3.8) is 0 Å². The highest BCUT2D eigenvalue weighted by Gasteiger charge is 2.23. The summed E-state index contributed by atoms with van der Waals surface area (Å²) >= 11 is 0. The van der Waals surface area contributed by atoms with Crippen LogP contribution in [0.3, 0.4) is 0 Å². The molecule has 0 heterocycles. The third kappa shape index (κ3) is 1.09. The summed E-state index contributed by atoms with van der Waals surface area (Å²) in [5, 5.41) is 8.30. The van der Waals surface area contributed by atoms with Gasteiger partial charge in [-0.3, -0.25) is 0 Å². The molecule has 6 rings (SSSR count). The van der Waals surface area contributed by atoms with E-state index in [1.807, 2.05) is 0 Å². The molecule has 1 aliphatic rings. The predicted octanol–water partition coefficient (Wildman–Crippen LogP) is 6.23. The van der Waals surface area contributed by atoms with Crippen molar-refractivity contribution in [2.24, 2.45) is 0 Å². The van der Waals surface area contributed by atoms with Crippen LogP contribution in [-0.4, -0.2) is 0 Å². The molecule has 0 aromatic heterocycles. The van der Waals surface area contributed by atoms with Crippen molar-refractivity contribution in [1.29, 1.82) is 0 Å². The second-order valence-electron chi connectivity index (χ2n) is 6.20. The zero-order valence-corrected chi connectivity index (χ0v) is 11.9. The highest BCUT2D eigenvalue weighted by atomic mass is 14.9. The van der Waals surface area contributed by atoms with E-state index in [1.165, 1.54) is 54.6 Å². The number of fused-ring (bicyclic) bond motifs is 3. The van der Waals surface area contributed by atoms with Crippen LogP contribution in [0.25, 0.3) is 54.6 Å². The molecule has 0 amide bonds. The van der Waals surface area contributed by atoms with Gasteiger partial charge in [0.15, 0.2) is 0 Å². The van der Waals surface area contributed by atoms with Gasteiger partial charge >= 0.3 is 0 Å². The third-order valence-electron chi connectivity index (χ3n) is 5.14.